The lowest BCUT2D eigenvalue weighted by Crippen LogP contribution is -2.28. The second-order valence-electron chi connectivity index (χ2n) is 3.32. The molecule has 64 valence electrons. The Morgan fingerprint density at radius 1 is 1.42 bits per heavy atom. The Morgan fingerprint density at radius 2 is 2.25 bits per heavy atom. The molecule has 3 atom stereocenters. The number of aliphatic imine (C=N–C) groups is 3. The van der Waals surface area contributed by atoms with Gasteiger partial charge in [-0.05, 0) is 13.3 Å². The summed E-state index contributed by atoms with van der Waals surface area (Å²) in [7, 11) is 0. The topological polar surface area (TPSA) is 37.1 Å². The third kappa shape index (κ3) is 1.09. The minimum Gasteiger partial charge on any atom is -0.280 e. The van der Waals surface area contributed by atoms with E-state index in [9.17, 15) is 0 Å². The molecule has 0 aromatic heterocycles. The van der Waals surface area contributed by atoms with Crippen molar-refractivity contribution < 1.29 is 0 Å². The fraction of sp³-hybridized carbons (Fsp3) is 0.667. The van der Waals surface area contributed by atoms with Crippen molar-refractivity contribution in [2.75, 3.05) is 0 Å². The van der Waals surface area contributed by atoms with E-state index in [1.807, 2.05) is 19.4 Å². The molecule has 0 amide bonds. The summed E-state index contributed by atoms with van der Waals surface area (Å²) in [4.78, 5) is 13.2. The van der Waals surface area contributed by atoms with Crippen molar-refractivity contribution in [3.63, 3.8) is 0 Å². The van der Waals surface area contributed by atoms with E-state index in [1.165, 1.54) is 0 Å². The van der Waals surface area contributed by atoms with Gasteiger partial charge in [0.15, 0.2) is 6.17 Å². The van der Waals surface area contributed by atoms with E-state index in [1.54, 1.807) is 0 Å². The average Bonchev–Trinajstić information content (AvgIpc) is 2.46. The molecule has 2 aliphatic rings. The summed E-state index contributed by atoms with van der Waals surface area (Å²) in [6, 6.07) is 0.292. The maximum Gasteiger partial charge on any atom is 0.162 e. The first-order valence-corrected chi connectivity index (χ1v) is 4.42. The third-order valence-corrected chi connectivity index (χ3v) is 2.41. The summed E-state index contributed by atoms with van der Waals surface area (Å²) in [5.74, 6) is 0.502. The second kappa shape index (κ2) is 2.81. The van der Waals surface area contributed by atoms with Gasteiger partial charge in [-0.3, -0.25) is 15.0 Å². The summed E-state index contributed by atoms with van der Waals surface area (Å²) in [6.45, 7) is 4.16. The summed E-state index contributed by atoms with van der Waals surface area (Å²) >= 11 is 0. The monoisotopic (exact) mass is 163 g/mol. The summed E-state index contributed by atoms with van der Waals surface area (Å²) in [6.07, 6.45) is 5.01. The third-order valence-electron chi connectivity index (χ3n) is 2.41. The molecular formula is C9H13N3. The van der Waals surface area contributed by atoms with Crippen molar-refractivity contribution in [2.24, 2.45) is 20.9 Å². The van der Waals surface area contributed by atoms with Gasteiger partial charge < -0.3 is 0 Å². The molecule has 12 heavy (non-hydrogen) atoms. The van der Waals surface area contributed by atoms with Crippen LogP contribution >= 0.6 is 0 Å². The molecule has 0 saturated carbocycles. The van der Waals surface area contributed by atoms with Crippen LogP contribution in [-0.4, -0.2) is 30.3 Å². The Hall–Kier alpha value is -0.990. The highest BCUT2D eigenvalue weighted by Crippen LogP contribution is 2.25. The molecule has 0 aromatic rings. The Labute approximate surface area is 72.3 Å². The number of nitrogens with zero attached hydrogens (tertiary/aromatic N) is 3. The molecule has 3 unspecified atom stereocenters. The van der Waals surface area contributed by atoms with Crippen molar-refractivity contribution in [3.8, 4) is 0 Å². The van der Waals surface area contributed by atoms with Crippen molar-refractivity contribution in [1.29, 1.82) is 0 Å². The molecule has 3 heteroatoms. The Balaban J connectivity index is 2.22. The SMILES string of the molecule is CCC1C=NC2N=CC(C)=NC12. The van der Waals surface area contributed by atoms with Crippen LogP contribution in [0.3, 0.4) is 0 Å². The van der Waals surface area contributed by atoms with Gasteiger partial charge in [0.05, 0.1) is 5.71 Å². The summed E-state index contributed by atoms with van der Waals surface area (Å²) in [5, 5.41) is 0. The highest BCUT2D eigenvalue weighted by molar-refractivity contribution is 6.30. The Kier molecular flexibility index (Phi) is 1.79. The van der Waals surface area contributed by atoms with Crippen LogP contribution in [0.5, 0.6) is 0 Å². The first-order valence-electron chi connectivity index (χ1n) is 4.42. The van der Waals surface area contributed by atoms with E-state index < -0.39 is 0 Å². The van der Waals surface area contributed by atoms with E-state index in [-0.39, 0.29) is 6.17 Å². The zero-order valence-corrected chi connectivity index (χ0v) is 7.44. The van der Waals surface area contributed by atoms with E-state index in [0.29, 0.717) is 12.0 Å². The van der Waals surface area contributed by atoms with Gasteiger partial charge in [-0.25, -0.2) is 0 Å². The van der Waals surface area contributed by atoms with Crippen molar-refractivity contribution in [3.05, 3.63) is 0 Å². The fourth-order valence-electron chi connectivity index (χ4n) is 1.68. The van der Waals surface area contributed by atoms with Gasteiger partial charge in [0.2, 0.25) is 0 Å². The first-order chi connectivity index (χ1) is 5.81. The Morgan fingerprint density at radius 3 is 3.00 bits per heavy atom. The number of fused-ring (bicyclic) bond motifs is 1. The van der Waals surface area contributed by atoms with Crippen LogP contribution in [0.25, 0.3) is 0 Å². The zero-order chi connectivity index (χ0) is 8.55. The summed E-state index contributed by atoms with van der Waals surface area (Å²) in [5.41, 5.74) is 1.03. The van der Waals surface area contributed by atoms with Crippen LogP contribution < -0.4 is 0 Å². The van der Waals surface area contributed by atoms with Gasteiger partial charge in [-0.15, -0.1) is 0 Å². The lowest BCUT2D eigenvalue weighted by molar-refractivity contribution is 0.485. The van der Waals surface area contributed by atoms with Crippen LogP contribution in [0, 0.1) is 5.92 Å². The van der Waals surface area contributed by atoms with E-state index in [4.69, 9.17) is 0 Å². The molecule has 0 aromatic carbocycles. The molecule has 2 rings (SSSR count). The molecular weight excluding hydrogens is 150 g/mol. The predicted molar refractivity (Wildman–Crippen MR) is 51.5 cm³/mol. The van der Waals surface area contributed by atoms with Gasteiger partial charge >= 0.3 is 0 Å². The molecule has 0 bridgehead atoms. The highest BCUT2D eigenvalue weighted by atomic mass is 15.1. The largest absolute Gasteiger partial charge is 0.280 e. The van der Waals surface area contributed by atoms with E-state index >= 15 is 0 Å². The lowest BCUT2D eigenvalue weighted by Gasteiger charge is -2.19. The van der Waals surface area contributed by atoms with Crippen LogP contribution in [0.15, 0.2) is 15.0 Å². The van der Waals surface area contributed by atoms with Crippen LogP contribution in [0.1, 0.15) is 20.3 Å². The average molecular weight is 163 g/mol. The van der Waals surface area contributed by atoms with Gasteiger partial charge in [-0.2, -0.15) is 0 Å². The first kappa shape index (κ1) is 7.65. The highest BCUT2D eigenvalue weighted by Gasteiger charge is 2.32. The number of hydrogen-bond donors (Lipinski definition) is 0. The van der Waals surface area contributed by atoms with Crippen LogP contribution in [-0.2, 0) is 0 Å². The number of hydrogen-bond acceptors (Lipinski definition) is 3. The molecule has 2 aliphatic heterocycles. The summed E-state index contributed by atoms with van der Waals surface area (Å²) < 4.78 is 0. The standard InChI is InChI=1S/C9H13N3/c1-3-7-5-11-9-8(7)12-6(2)4-10-9/h4-5,7-9H,3H2,1-2H3. The fourth-order valence-corrected chi connectivity index (χ4v) is 1.68. The molecule has 3 nitrogen and oxygen atoms in total. The maximum atomic E-state index is 4.54. The van der Waals surface area contributed by atoms with Crippen molar-refractivity contribution >= 4 is 18.1 Å². The van der Waals surface area contributed by atoms with Gasteiger partial charge in [0.1, 0.15) is 6.04 Å². The zero-order valence-electron chi connectivity index (χ0n) is 7.44. The second-order valence-corrected chi connectivity index (χ2v) is 3.32. The van der Waals surface area contributed by atoms with Crippen LogP contribution in [0.4, 0.5) is 0 Å². The molecule has 2 heterocycles. The van der Waals surface area contributed by atoms with Crippen LogP contribution in [0.2, 0.25) is 0 Å². The smallest absolute Gasteiger partial charge is 0.162 e. The van der Waals surface area contributed by atoms with Gasteiger partial charge in [0.25, 0.3) is 0 Å². The molecule has 0 aliphatic carbocycles. The quantitative estimate of drug-likeness (QED) is 0.559. The molecule has 0 fully saturated rings. The normalized spacial score (nSPS) is 38.2. The molecule has 0 radical (unpaired) electrons. The minimum atomic E-state index is 0.0821. The number of rotatable bonds is 1. The van der Waals surface area contributed by atoms with E-state index in [0.717, 1.165) is 12.1 Å². The van der Waals surface area contributed by atoms with Gasteiger partial charge in [-0.1, -0.05) is 6.92 Å². The predicted octanol–water partition coefficient (Wildman–Crippen LogP) is 1.34. The minimum absolute atomic E-state index is 0.0821. The van der Waals surface area contributed by atoms with Gasteiger partial charge in [0, 0.05) is 18.3 Å². The molecule has 0 saturated heterocycles. The lowest BCUT2D eigenvalue weighted by atomic mass is 9.99. The van der Waals surface area contributed by atoms with Crippen molar-refractivity contribution in [2.45, 2.75) is 32.5 Å². The Bertz CT molecular complexity index is 265. The molecule has 0 spiro atoms. The van der Waals surface area contributed by atoms with Crippen molar-refractivity contribution in [1.82, 2.24) is 0 Å². The maximum absolute atomic E-state index is 4.54. The van der Waals surface area contributed by atoms with E-state index in [2.05, 4.69) is 21.9 Å². The molecule has 0 N–H and O–H groups in total.